The van der Waals surface area contributed by atoms with Gasteiger partial charge < -0.3 is 4.90 Å². The molecule has 0 aliphatic carbocycles. The Morgan fingerprint density at radius 1 is 1.36 bits per heavy atom. The molecule has 1 aliphatic rings. The van der Waals surface area contributed by atoms with Crippen molar-refractivity contribution < 1.29 is 9.18 Å². The van der Waals surface area contributed by atoms with Gasteiger partial charge in [0.25, 0.3) is 0 Å². The Morgan fingerprint density at radius 2 is 2.08 bits per heavy atom. The number of halogens is 1. The first kappa shape index (κ1) is 17.1. The molecule has 0 amide bonds. The van der Waals surface area contributed by atoms with Crippen LogP contribution in [-0.2, 0) is 4.79 Å². The Balaban J connectivity index is 1.87. The van der Waals surface area contributed by atoms with Gasteiger partial charge in [-0.25, -0.2) is 14.1 Å². The van der Waals surface area contributed by atoms with Gasteiger partial charge in [0.15, 0.2) is 11.6 Å². The Morgan fingerprint density at radius 3 is 2.72 bits per heavy atom. The zero-order valence-electron chi connectivity index (χ0n) is 14.5. The molecule has 3 heterocycles. The van der Waals surface area contributed by atoms with Crippen molar-refractivity contribution in [3.63, 3.8) is 0 Å². The number of nitrogens with zero attached hydrogens (tertiary/aromatic N) is 4. The number of anilines is 1. The maximum Gasteiger partial charge on any atom is 0.167 e. The minimum absolute atomic E-state index is 0.217. The number of carbonyl (C=O) groups excluding carboxylic acids is 1. The van der Waals surface area contributed by atoms with E-state index in [9.17, 15) is 9.18 Å². The molecule has 2 aromatic rings. The van der Waals surface area contributed by atoms with Crippen molar-refractivity contribution >= 4 is 17.2 Å². The SMILES string of the molecule is C=C(/C=C\C)c1nn(-c2cnc(N3CCC(=O)CC3)c(F)c2)cc1C. The van der Waals surface area contributed by atoms with Crippen LogP contribution < -0.4 is 4.90 Å². The topological polar surface area (TPSA) is 51.0 Å². The molecule has 0 N–H and O–H groups in total. The molecule has 6 heteroatoms. The number of pyridine rings is 1. The third kappa shape index (κ3) is 3.52. The van der Waals surface area contributed by atoms with E-state index in [2.05, 4.69) is 16.7 Å². The Hall–Kier alpha value is -2.76. The van der Waals surface area contributed by atoms with Crippen LogP contribution >= 0.6 is 0 Å². The largest absolute Gasteiger partial charge is 0.353 e. The van der Waals surface area contributed by atoms with Crippen molar-refractivity contribution in [1.82, 2.24) is 14.8 Å². The van der Waals surface area contributed by atoms with Gasteiger partial charge in [-0.3, -0.25) is 4.79 Å². The summed E-state index contributed by atoms with van der Waals surface area (Å²) in [6.07, 6.45) is 8.11. The van der Waals surface area contributed by atoms with Gasteiger partial charge in [-0.1, -0.05) is 18.7 Å². The van der Waals surface area contributed by atoms with Gasteiger partial charge in [-0.05, 0) is 25.0 Å². The van der Waals surface area contributed by atoms with Crippen molar-refractivity contribution in [2.24, 2.45) is 0 Å². The number of rotatable bonds is 4. The maximum atomic E-state index is 14.5. The van der Waals surface area contributed by atoms with Gasteiger partial charge in [0.1, 0.15) is 5.78 Å². The third-order valence-electron chi connectivity index (χ3n) is 4.26. The molecule has 1 aliphatic heterocycles. The Labute approximate surface area is 146 Å². The Bertz CT molecular complexity index is 843. The van der Waals surface area contributed by atoms with Crippen LogP contribution in [-0.4, -0.2) is 33.6 Å². The van der Waals surface area contributed by atoms with Gasteiger partial charge in [0.2, 0.25) is 0 Å². The smallest absolute Gasteiger partial charge is 0.167 e. The number of Topliss-reactive ketones (excluding diaryl/α,β-unsaturated/α-hetero) is 1. The van der Waals surface area contributed by atoms with Crippen LogP contribution in [0.15, 0.2) is 37.2 Å². The van der Waals surface area contributed by atoms with Crippen molar-refractivity contribution in [3.8, 4) is 5.69 Å². The number of ketones is 1. The number of piperidine rings is 1. The second-order valence-electron chi connectivity index (χ2n) is 6.16. The normalized spacial score (nSPS) is 15.2. The second-order valence-corrected chi connectivity index (χ2v) is 6.16. The fourth-order valence-electron chi connectivity index (χ4n) is 2.94. The minimum Gasteiger partial charge on any atom is -0.353 e. The van der Waals surface area contributed by atoms with E-state index in [1.165, 1.54) is 6.07 Å². The highest BCUT2D eigenvalue weighted by Crippen LogP contribution is 2.23. The lowest BCUT2D eigenvalue weighted by Crippen LogP contribution is -2.35. The number of hydrogen-bond donors (Lipinski definition) is 0. The van der Waals surface area contributed by atoms with Crippen LogP contribution in [0.3, 0.4) is 0 Å². The van der Waals surface area contributed by atoms with E-state index in [0.717, 1.165) is 16.8 Å². The lowest BCUT2D eigenvalue weighted by Gasteiger charge is -2.27. The monoisotopic (exact) mass is 340 g/mol. The van der Waals surface area contributed by atoms with Gasteiger partial charge in [-0.15, -0.1) is 0 Å². The summed E-state index contributed by atoms with van der Waals surface area (Å²) in [6, 6.07) is 1.42. The minimum atomic E-state index is -0.408. The van der Waals surface area contributed by atoms with E-state index in [0.29, 0.717) is 37.4 Å². The number of aromatic nitrogens is 3. The quantitative estimate of drug-likeness (QED) is 0.800. The molecule has 1 saturated heterocycles. The molecule has 0 saturated carbocycles. The summed E-state index contributed by atoms with van der Waals surface area (Å²) < 4.78 is 16.2. The molecule has 1 fully saturated rings. The standard InChI is InChI=1S/C19H21FN4O/c1-4-5-13(2)18-14(3)12-24(22-18)15-10-17(20)19(21-11-15)23-8-6-16(25)7-9-23/h4-5,10-12H,2,6-9H2,1,3H3/b5-4-. The molecule has 3 rings (SSSR count). The average Bonchev–Trinajstić information content (AvgIpc) is 2.98. The van der Waals surface area contributed by atoms with Crippen LogP contribution in [0.4, 0.5) is 10.2 Å². The first-order chi connectivity index (χ1) is 12.0. The summed E-state index contributed by atoms with van der Waals surface area (Å²) in [5.74, 6) is 0.0988. The average molecular weight is 340 g/mol. The zero-order valence-corrected chi connectivity index (χ0v) is 14.5. The van der Waals surface area contributed by atoms with Gasteiger partial charge in [0, 0.05) is 38.2 Å². The lowest BCUT2D eigenvalue weighted by atomic mass is 10.1. The lowest BCUT2D eigenvalue weighted by molar-refractivity contribution is -0.119. The highest BCUT2D eigenvalue weighted by atomic mass is 19.1. The zero-order chi connectivity index (χ0) is 18.0. The van der Waals surface area contributed by atoms with Crippen molar-refractivity contribution in [3.05, 3.63) is 54.3 Å². The van der Waals surface area contributed by atoms with E-state index in [1.807, 2.05) is 37.1 Å². The summed E-state index contributed by atoms with van der Waals surface area (Å²) >= 11 is 0. The van der Waals surface area contributed by atoms with Gasteiger partial charge in [0.05, 0.1) is 17.6 Å². The molecule has 0 atom stereocenters. The first-order valence-corrected chi connectivity index (χ1v) is 8.30. The van der Waals surface area contributed by atoms with Crippen molar-refractivity contribution in [2.45, 2.75) is 26.7 Å². The molecule has 2 aromatic heterocycles. The molecule has 0 bridgehead atoms. The van der Waals surface area contributed by atoms with E-state index in [-0.39, 0.29) is 5.78 Å². The van der Waals surface area contributed by atoms with Gasteiger partial charge in [-0.2, -0.15) is 5.10 Å². The highest BCUT2D eigenvalue weighted by Gasteiger charge is 2.21. The summed E-state index contributed by atoms with van der Waals surface area (Å²) in [5.41, 5.74) is 3.10. The van der Waals surface area contributed by atoms with Crippen molar-refractivity contribution in [2.75, 3.05) is 18.0 Å². The fraction of sp³-hybridized carbons (Fsp3) is 0.316. The molecular formula is C19H21FN4O. The maximum absolute atomic E-state index is 14.5. The van der Waals surface area contributed by atoms with Crippen LogP contribution in [0.2, 0.25) is 0 Å². The number of allylic oxidation sites excluding steroid dienone is 3. The molecule has 5 nitrogen and oxygen atoms in total. The highest BCUT2D eigenvalue weighted by molar-refractivity contribution is 5.80. The van der Waals surface area contributed by atoms with E-state index in [1.54, 1.807) is 10.9 Å². The summed E-state index contributed by atoms with van der Waals surface area (Å²) in [4.78, 5) is 17.4. The predicted octanol–water partition coefficient (Wildman–Crippen LogP) is 3.47. The summed E-state index contributed by atoms with van der Waals surface area (Å²) in [7, 11) is 0. The van der Waals surface area contributed by atoms with Crippen LogP contribution in [0, 0.1) is 12.7 Å². The van der Waals surface area contributed by atoms with E-state index >= 15 is 0 Å². The predicted molar refractivity (Wildman–Crippen MR) is 96.4 cm³/mol. The molecule has 0 aromatic carbocycles. The number of carbonyl (C=O) groups is 1. The van der Waals surface area contributed by atoms with E-state index in [4.69, 9.17) is 0 Å². The van der Waals surface area contributed by atoms with Crippen LogP contribution in [0.25, 0.3) is 11.3 Å². The molecular weight excluding hydrogens is 319 g/mol. The first-order valence-electron chi connectivity index (χ1n) is 8.30. The second kappa shape index (κ2) is 7.01. The third-order valence-corrected chi connectivity index (χ3v) is 4.26. The van der Waals surface area contributed by atoms with E-state index < -0.39 is 5.82 Å². The molecule has 25 heavy (non-hydrogen) atoms. The van der Waals surface area contributed by atoms with Gasteiger partial charge >= 0.3 is 0 Å². The fourth-order valence-corrected chi connectivity index (χ4v) is 2.94. The Kier molecular flexibility index (Phi) is 4.79. The van der Waals surface area contributed by atoms with Crippen molar-refractivity contribution in [1.29, 1.82) is 0 Å². The number of hydrogen-bond acceptors (Lipinski definition) is 4. The molecule has 0 radical (unpaired) electrons. The summed E-state index contributed by atoms with van der Waals surface area (Å²) in [6.45, 7) is 8.88. The molecule has 0 unspecified atom stereocenters. The summed E-state index contributed by atoms with van der Waals surface area (Å²) in [5, 5.41) is 4.49. The van der Waals surface area contributed by atoms with Crippen LogP contribution in [0.1, 0.15) is 31.0 Å². The molecule has 0 spiro atoms. The number of aryl methyl sites for hydroxylation is 1. The van der Waals surface area contributed by atoms with Crippen LogP contribution in [0.5, 0.6) is 0 Å². The molecule has 130 valence electrons.